The van der Waals surface area contributed by atoms with Crippen molar-refractivity contribution in [2.24, 2.45) is 0 Å². The van der Waals surface area contributed by atoms with Crippen LogP contribution in [0, 0.1) is 6.92 Å². The molecule has 0 unspecified atom stereocenters. The molecule has 25 heavy (non-hydrogen) atoms. The van der Waals surface area contributed by atoms with Crippen molar-refractivity contribution >= 4 is 0 Å². The Morgan fingerprint density at radius 3 is 3.20 bits per heavy atom. The third kappa shape index (κ3) is 4.08. The molecule has 6 nitrogen and oxygen atoms in total. The monoisotopic (exact) mass is 343 g/mol. The summed E-state index contributed by atoms with van der Waals surface area (Å²) in [6.07, 6.45) is 7.01. The van der Waals surface area contributed by atoms with Gasteiger partial charge >= 0.3 is 0 Å². The Morgan fingerprint density at radius 1 is 1.44 bits per heavy atom. The lowest BCUT2D eigenvalue weighted by atomic mass is 9.89. The van der Waals surface area contributed by atoms with Gasteiger partial charge < -0.3 is 14.0 Å². The van der Waals surface area contributed by atoms with Gasteiger partial charge in [0.1, 0.15) is 5.76 Å². The number of ether oxygens (including phenoxy) is 2. The van der Waals surface area contributed by atoms with E-state index in [0.29, 0.717) is 13.2 Å². The van der Waals surface area contributed by atoms with Gasteiger partial charge in [0.15, 0.2) is 0 Å². The average molecular weight is 343 g/mol. The lowest BCUT2D eigenvalue weighted by Gasteiger charge is -2.39. The Hall–Kier alpha value is -1.76. The molecule has 2 saturated heterocycles. The quantitative estimate of drug-likeness (QED) is 0.832. The molecule has 2 aliphatic rings. The maximum Gasteiger partial charge on any atom is 0.133 e. The van der Waals surface area contributed by atoms with Crippen LogP contribution in [-0.2, 0) is 22.6 Å². The number of hydrogen-bond donors (Lipinski definition) is 0. The van der Waals surface area contributed by atoms with Crippen LogP contribution in [0.15, 0.2) is 35.1 Å². The van der Waals surface area contributed by atoms with Crippen LogP contribution < -0.4 is 0 Å². The molecule has 2 atom stereocenters. The van der Waals surface area contributed by atoms with Gasteiger partial charge in [0.05, 0.1) is 30.6 Å². The molecule has 0 bridgehead atoms. The number of aryl methyl sites for hydroxylation is 1. The zero-order valence-electron chi connectivity index (χ0n) is 14.7. The first-order chi connectivity index (χ1) is 12.2. The summed E-state index contributed by atoms with van der Waals surface area (Å²) in [5.41, 5.74) is 2.03. The van der Waals surface area contributed by atoms with E-state index in [9.17, 15) is 0 Å². The molecule has 0 amide bonds. The van der Waals surface area contributed by atoms with Crippen LogP contribution in [0.4, 0.5) is 0 Å². The second kappa shape index (κ2) is 7.23. The molecule has 1 spiro atoms. The summed E-state index contributed by atoms with van der Waals surface area (Å²) in [5, 5.41) is 4.11. The van der Waals surface area contributed by atoms with Crippen molar-refractivity contribution in [3.05, 3.63) is 47.6 Å². The summed E-state index contributed by atoms with van der Waals surface area (Å²) < 4.78 is 17.5. The highest BCUT2D eigenvalue weighted by atomic mass is 16.6. The molecule has 6 heteroatoms. The molecule has 4 rings (SSSR count). The maximum atomic E-state index is 6.23. The normalized spacial score (nSPS) is 27.2. The third-order valence-corrected chi connectivity index (χ3v) is 5.06. The summed E-state index contributed by atoms with van der Waals surface area (Å²) in [7, 11) is 0. The minimum absolute atomic E-state index is 0.0728. The highest BCUT2D eigenvalue weighted by Gasteiger charge is 2.43. The first-order valence-electron chi connectivity index (χ1n) is 9.00. The van der Waals surface area contributed by atoms with Crippen molar-refractivity contribution in [3.63, 3.8) is 0 Å². The minimum atomic E-state index is -0.0728. The van der Waals surface area contributed by atoms with Gasteiger partial charge in [0.25, 0.3) is 0 Å². The van der Waals surface area contributed by atoms with Crippen LogP contribution in [0.1, 0.15) is 36.3 Å². The number of piperidine rings is 1. The Morgan fingerprint density at radius 2 is 2.40 bits per heavy atom. The van der Waals surface area contributed by atoms with Crippen molar-refractivity contribution in [2.75, 3.05) is 19.7 Å². The molecule has 0 aromatic carbocycles. The molecule has 2 aromatic heterocycles. The molecule has 0 radical (unpaired) electrons. The van der Waals surface area contributed by atoms with Gasteiger partial charge in [-0.3, -0.25) is 9.88 Å². The summed E-state index contributed by atoms with van der Waals surface area (Å²) in [4.78, 5) is 6.55. The smallest absolute Gasteiger partial charge is 0.133 e. The fourth-order valence-electron chi connectivity index (χ4n) is 3.94. The first kappa shape index (κ1) is 16.7. The van der Waals surface area contributed by atoms with E-state index >= 15 is 0 Å². The Balaban J connectivity index is 1.31. The number of rotatable bonds is 5. The van der Waals surface area contributed by atoms with Crippen molar-refractivity contribution < 1.29 is 14.0 Å². The highest BCUT2D eigenvalue weighted by molar-refractivity contribution is 5.07. The molecular formula is C19H25N3O3. The van der Waals surface area contributed by atoms with E-state index in [0.717, 1.165) is 55.9 Å². The molecule has 0 saturated carbocycles. The van der Waals surface area contributed by atoms with E-state index in [4.69, 9.17) is 14.0 Å². The third-order valence-electron chi connectivity index (χ3n) is 5.06. The van der Waals surface area contributed by atoms with Crippen LogP contribution >= 0.6 is 0 Å². The Labute approximate surface area is 148 Å². The van der Waals surface area contributed by atoms with Gasteiger partial charge in [0.2, 0.25) is 0 Å². The zero-order chi connectivity index (χ0) is 17.1. The SMILES string of the molecule is Cc1cc(CN2CCC[C@]3(C[C@H](OCc4cccnc4)CO3)C2)no1. The van der Waals surface area contributed by atoms with Crippen LogP contribution in [0.2, 0.25) is 0 Å². The van der Waals surface area contributed by atoms with Crippen molar-refractivity contribution in [3.8, 4) is 0 Å². The van der Waals surface area contributed by atoms with Crippen LogP contribution in [-0.4, -0.2) is 46.4 Å². The number of pyridine rings is 1. The van der Waals surface area contributed by atoms with E-state index in [-0.39, 0.29) is 11.7 Å². The Bertz CT molecular complexity index is 690. The summed E-state index contributed by atoms with van der Waals surface area (Å²) >= 11 is 0. The summed E-state index contributed by atoms with van der Waals surface area (Å²) in [6.45, 7) is 6.04. The second-order valence-corrected chi connectivity index (χ2v) is 7.24. The highest BCUT2D eigenvalue weighted by Crippen LogP contribution is 2.36. The summed E-state index contributed by atoms with van der Waals surface area (Å²) in [6, 6.07) is 5.99. The van der Waals surface area contributed by atoms with E-state index in [2.05, 4.69) is 15.0 Å². The van der Waals surface area contributed by atoms with E-state index in [1.165, 1.54) is 0 Å². The average Bonchev–Trinajstić information content (AvgIpc) is 3.20. The fraction of sp³-hybridized carbons (Fsp3) is 0.579. The van der Waals surface area contributed by atoms with Gasteiger partial charge in [-0.05, 0) is 37.9 Å². The molecular weight excluding hydrogens is 318 g/mol. The molecule has 4 heterocycles. The molecule has 0 N–H and O–H groups in total. The molecule has 134 valence electrons. The van der Waals surface area contributed by atoms with Crippen LogP contribution in [0.25, 0.3) is 0 Å². The molecule has 2 fully saturated rings. The first-order valence-corrected chi connectivity index (χ1v) is 9.00. The maximum absolute atomic E-state index is 6.23. The van der Waals surface area contributed by atoms with Gasteiger partial charge in [-0.25, -0.2) is 0 Å². The Kier molecular flexibility index (Phi) is 4.83. The standard InChI is InChI=1S/C19H25N3O3/c1-15-8-17(21-25-15)11-22-7-3-5-19(14-22)9-18(13-24-19)23-12-16-4-2-6-20-10-16/h2,4,6,8,10,18H,3,5,7,9,11-14H2,1H3/t18-,19-/m0/s1. The van der Waals surface area contributed by atoms with Crippen molar-refractivity contribution in [1.29, 1.82) is 0 Å². The van der Waals surface area contributed by atoms with Crippen molar-refractivity contribution in [1.82, 2.24) is 15.0 Å². The van der Waals surface area contributed by atoms with E-state index in [1.807, 2.05) is 31.3 Å². The van der Waals surface area contributed by atoms with E-state index < -0.39 is 0 Å². The number of likely N-dealkylation sites (tertiary alicyclic amines) is 1. The zero-order valence-corrected chi connectivity index (χ0v) is 14.7. The molecule has 2 aromatic rings. The lowest BCUT2D eigenvalue weighted by molar-refractivity contribution is -0.0551. The van der Waals surface area contributed by atoms with Crippen LogP contribution in [0.5, 0.6) is 0 Å². The predicted molar refractivity (Wildman–Crippen MR) is 91.9 cm³/mol. The minimum Gasteiger partial charge on any atom is -0.371 e. The number of hydrogen-bond acceptors (Lipinski definition) is 6. The van der Waals surface area contributed by atoms with Gasteiger partial charge in [-0.2, -0.15) is 0 Å². The predicted octanol–water partition coefficient (Wildman–Crippen LogP) is 2.72. The molecule has 2 aliphatic heterocycles. The van der Waals surface area contributed by atoms with Gasteiger partial charge in [-0.1, -0.05) is 11.2 Å². The van der Waals surface area contributed by atoms with Crippen molar-refractivity contribution in [2.45, 2.75) is 51.0 Å². The fourth-order valence-corrected chi connectivity index (χ4v) is 3.94. The summed E-state index contributed by atoms with van der Waals surface area (Å²) in [5.74, 6) is 0.864. The molecule has 0 aliphatic carbocycles. The van der Waals surface area contributed by atoms with E-state index in [1.54, 1.807) is 6.20 Å². The van der Waals surface area contributed by atoms with Crippen LogP contribution in [0.3, 0.4) is 0 Å². The van der Waals surface area contributed by atoms with Gasteiger partial charge in [-0.15, -0.1) is 0 Å². The number of aromatic nitrogens is 2. The topological polar surface area (TPSA) is 60.6 Å². The number of nitrogens with zero attached hydrogens (tertiary/aromatic N) is 3. The second-order valence-electron chi connectivity index (χ2n) is 7.24. The lowest BCUT2D eigenvalue weighted by Crippen LogP contribution is -2.47. The largest absolute Gasteiger partial charge is 0.371 e. The van der Waals surface area contributed by atoms with Gasteiger partial charge in [0, 0.05) is 38.0 Å².